The quantitative estimate of drug-likeness (QED) is 0.432. The maximum absolute atomic E-state index is 12.4. The zero-order valence-corrected chi connectivity index (χ0v) is 15.2. The Morgan fingerprint density at radius 1 is 1.31 bits per heavy atom. The summed E-state index contributed by atoms with van der Waals surface area (Å²) in [4.78, 5) is 36.7. The van der Waals surface area contributed by atoms with Crippen molar-refractivity contribution >= 4 is 23.3 Å². The first kappa shape index (κ1) is 19.7. The fourth-order valence-electron chi connectivity index (χ4n) is 2.80. The lowest BCUT2D eigenvalue weighted by Crippen LogP contribution is -2.30. The molecule has 1 aliphatic heterocycles. The number of hydrogen-bond acceptors (Lipinski definition) is 6. The topological polar surface area (TPSA) is 102 Å². The van der Waals surface area contributed by atoms with Gasteiger partial charge in [0.15, 0.2) is 6.61 Å². The molecule has 0 spiro atoms. The van der Waals surface area contributed by atoms with Gasteiger partial charge < -0.3 is 15.0 Å². The molecule has 142 valence electrons. The minimum absolute atomic E-state index is 0.121. The van der Waals surface area contributed by atoms with Gasteiger partial charge in [0.25, 0.3) is 11.6 Å². The van der Waals surface area contributed by atoms with E-state index in [4.69, 9.17) is 4.74 Å². The number of anilines is 1. The molecule has 0 aliphatic carbocycles. The fraction of sp³-hybridized carbons (Fsp3) is 0.556. The molecule has 8 nitrogen and oxygen atoms in total. The molecule has 26 heavy (non-hydrogen) atoms. The van der Waals surface area contributed by atoms with Crippen LogP contribution in [0.25, 0.3) is 0 Å². The molecule has 1 saturated heterocycles. The number of nitrogens with one attached hydrogen (secondary N) is 1. The van der Waals surface area contributed by atoms with Crippen molar-refractivity contribution < 1.29 is 19.2 Å². The maximum atomic E-state index is 12.4. The summed E-state index contributed by atoms with van der Waals surface area (Å²) in [6.07, 6.45) is 2.84. The lowest BCUT2D eigenvalue weighted by molar-refractivity contribution is -0.384. The van der Waals surface area contributed by atoms with E-state index in [9.17, 15) is 19.7 Å². The fourth-order valence-corrected chi connectivity index (χ4v) is 2.80. The van der Waals surface area contributed by atoms with E-state index in [0.717, 1.165) is 32.4 Å². The monoisotopic (exact) mass is 363 g/mol. The lowest BCUT2D eigenvalue weighted by atomic mass is 10.1. The number of amides is 1. The van der Waals surface area contributed by atoms with Gasteiger partial charge in [-0.2, -0.15) is 0 Å². The van der Waals surface area contributed by atoms with Crippen LogP contribution in [0.15, 0.2) is 18.2 Å². The van der Waals surface area contributed by atoms with Crippen molar-refractivity contribution in [3.05, 3.63) is 33.9 Å². The summed E-state index contributed by atoms with van der Waals surface area (Å²) in [6.45, 7) is 5.78. The van der Waals surface area contributed by atoms with E-state index in [1.54, 1.807) is 6.07 Å². The van der Waals surface area contributed by atoms with Crippen LogP contribution in [0, 0.1) is 16.0 Å². The summed E-state index contributed by atoms with van der Waals surface area (Å²) in [7, 11) is 0. The molecule has 0 saturated carbocycles. The van der Waals surface area contributed by atoms with E-state index >= 15 is 0 Å². The van der Waals surface area contributed by atoms with Crippen molar-refractivity contribution in [1.29, 1.82) is 0 Å². The van der Waals surface area contributed by atoms with Crippen molar-refractivity contribution in [2.24, 2.45) is 5.92 Å². The van der Waals surface area contributed by atoms with Gasteiger partial charge in [0, 0.05) is 31.8 Å². The highest BCUT2D eigenvalue weighted by Gasteiger charge is 2.23. The molecule has 1 N–H and O–H groups in total. The second kappa shape index (κ2) is 9.17. The molecule has 1 aromatic rings. The Hall–Kier alpha value is -2.64. The van der Waals surface area contributed by atoms with Crippen LogP contribution in [-0.2, 0) is 9.53 Å². The van der Waals surface area contributed by atoms with E-state index in [0.29, 0.717) is 18.2 Å². The van der Waals surface area contributed by atoms with Crippen LogP contribution in [0.5, 0.6) is 0 Å². The van der Waals surface area contributed by atoms with Crippen molar-refractivity contribution in [2.45, 2.75) is 33.1 Å². The van der Waals surface area contributed by atoms with Gasteiger partial charge in [-0.1, -0.05) is 13.8 Å². The highest BCUT2D eigenvalue weighted by Crippen LogP contribution is 2.28. The van der Waals surface area contributed by atoms with Gasteiger partial charge in [-0.3, -0.25) is 14.9 Å². The number of nitro groups is 1. The number of rotatable bonds is 8. The number of hydrogen-bond donors (Lipinski definition) is 1. The van der Waals surface area contributed by atoms with Gasteiger partial charge in [0.1, 0.15) is 0 Å². The molecule has 1 amide bonds. The van der Waals surface area contributed by atoms with Gasteiger partial charge in [0.05, 0.1) is 16.2 Å². The van der Waals surface area contributed by atoms with E-state index in [2.05, 4.69) is 5.32 Å². The van der Waals surface area contributed by atoms with E-state index in [1.165, 1.54) is 12.1 Å². The minimum atomic E-state index is -0.727. The molecule has 0 bridgehead atoms. The smallest absolute Gasteiger partial charge is 0.341 e. The van der Waals surface area contributed by atoms with Crippen LogP contribution in [0.4, 0.5) is 11.4 Å². The van der Waals surface area contributed by atoms with Gasteiger partial charge in [0.2, 0.25) is 0 Å². The lowest BCUT2D eigenvalue weighted by Gasteiger charge is -2.20. The third-order valence-electron chi connectivity index (χ3n) is 4.24. The van der Waals surface area contributed by atoms with Gasteiger partial charge in [-0.05, 0) is 31.2 Å². The first-order chi connectivity index (χ1) is 12.4. The van der Waals surface area contributed by atoms with Gasteiger partial charge in [-0.15, -0.1) is 0 Å². The molecule has 0 aromatic heterocycles. The second-order valence-electron chi connectivity index (χ2n) is 6.76. The number of nitrogens with zero attached hydrogens (tertiary/aromatic N) is 2. The number of carbonyl (C=O) groups excluding carboxylic acids is 2. The summed E-state index contributed by atoms with van der Waals surface area (Å²) in [5.74, 6) is -0.646. The summed E-state index contributed by atoms with van der Waals surface area (Å²) in [5, 5.41) is 13.7. The van der Waals surface area contributed by atoms with Crippen molar-refractivity contribution in [3.8, 4) is 0 Å². The zero-order valence-electron chi connectivity index (χ0n) is 15.2. The third kappa shape index (κ3) is 5.44. The van der Waals surface area contributed by atoms with E-state index in [1.807, 2.05) is 18.7 Å². The molecule has 2 rings (SSSR count). The average molecular weight is 363 g/mol. The number of non-ortho nitro benzene ring substituents is 1. The normalized spacial score (nSPS) is 13.7. The molecule has 1 aromatic carbocycles. The molecule has 8 heteroatoms. The van der Waals surface area contributed by atoms with Crippen LogP contribution in [0.2, 0.25) is 0 Å². The summed E-state index contributed by atoms with van der Waals surface area (Å²) >= 11 is 0. The molecule has 1 heterocycles. The largest absolute Gasteiger partial charge is 0.452 e. The van der Waals surface area contributed by atoms with Crippen molar-refractivity contribution in [2.75, 3.05) is 31.1 Å². The molecule has 1 fully saturated rings. The molecule has 1 aliphatic rings. The molecular weight excluding hydrogens is 338 g/mol. The van der Waals surface area contributed by atoms with Gasteiger partial charge in [-0.25, -0.2) is 4.79 Å². The molecule has 0 unspecified atom stereocenters. The van der Waals surface area contributed by atoms with Crippen LogP contribution >= 0.6 is 0 Å². The molecular formula is C18H25N3O5. The zero-order chi connectivity index (χ0) is 19.1. The predicted molar refractivity (Wildman–Crippen MR) is 97.3 cm³/mol. The minimum Gasteiger partial charge on any atom is -0.452 e. The van der Waals surface area contributed by atoms with Crippen LogP contribution in [0.1, 0.15) is 43.5 Å². The second-order valence-corrected chi connectivity index (χ2v) is 6.76. The van der Waals surface area contributed by atoms with Crippen LogP contribution < -0.4 is 10.2 Å². The Kier molecular flexibility index (Phi) is 6.94. The molecule has 0 atom stereocenters. The first-order valence-corrected chi connectivity index (χ1v) is 8.85. The SMILES string of the molecule is CC(C)CCNC(=O)COC(=O)c1cc([N+](=O)[O-])ccc1N1CCCC1. The van der Waals surface area contributed by atoms with Gasteiger partial charge >= 0.3 is 5.97 Å². The third-order valence-corrected chi connectivity index (χ3v) is 4.24. The average Bonchev–Trinajstić information content (AvgIpc) is 3.13. The Morgan fingerprint density at radius 3 is 2.62 bits per heavy atom. The highest BCUT2D eigenvalue weighted by molar-refractivity contribution is 5.97. The number of esters is 1. The first-order valence-electron chi connectivity index (χ1n) is 8.85. The van der Waals surface area contributed by atoms with E-state index in [-0.39, 0.29) is 17.2 Å². The standard InChI is InChI=1S/C18H25N3O5/c1-13(2)7-8-19-17(22)12-26-18(23)15-11-14(21(24)25)5-6-16(15)20-9-3-4-10-20/h5-6,11,13H,3-4,7-10,12H2,1-2H3,(H,19,22). The van der Waals surface area contributed by atoms with Crippen LogP contribution in [0.3, 0.4) is 0 Å². The van der Waals surface area contributed by atoms with Crippen LogP contribution in [-0.4, -0.2) is 43.0 Å². The Morgan fingerprint density at radius 2 is 2.00 bits per heavy atom. The maximum Gasteiger partial charge on any atom is 0.341 e. The summed E-state index contributed by atoms with van der Waals surface area (Å²) in [6, 6.07) is 4.17. The Bertz CT molecular complexity index is 669. The number of ether oxygens (including phenoxy) is 1. The van der Waals surface area contributed by atoms with Crippen molar-refractivity contribution in [3.63, 3.8) is 0 Å². The van der Waals surface area contributed by atoms with Crippen molar-refractivity contribution in [1.82, 2.24) is 5.32 Å². The predicted octanol–water partition coefficient (Wildman–Crippen LogP) is 2.51. The number of nitro benzene ring substituents is 1. The highest BCUT2D eigenvalue weighted by atomic mass is 16.6. The summed E-state index contributed by atoms with van der Waals surface area (Å²) in [5.41, 5.74) is 0.552. The Labute approximate surface area is 152 Å². The number of benzene rings is 1. The Balaban J connectivity index is 2.04. The molecule has 0 radical (unpaired) electrons. The van der Waals surface area contributed by atoms with E-state index < -0.39 is 17.5 Å². The number of carbonyl (C=O) groups is 2. The summed E-state index contributed by atoms with van der Waals surface area (Å²) < 4.78 is 5.08.